The number of nitrogens with zero attached hydrogens (tertiary/aromatic N) is 1. The van der Waals surface area contributed by atoms with Crippen LogP contribution in [0.5, 0.6) is 5.75 Å². The van der Waals surface area contributed by atoms with Crippen molar-refractivity contribution in [2.45, 2.75) is 74.7 Å². The number of carbonyl (C=O) groups excluding carboxylic acids is 1. The van der Waals surface area contributed by atoms with Gasteiger partial charge in [-0.3, -0.25) is 0 Å². The highest BCUT2D eigenvalue weighted by molar-refractivity contribution is 9.10. The van der Waals surface area contributed by atoms with Crippen molar-refractivity contribution < 1.29 is 33.3 Å². The highest BCUT2D eigenvalue weighted by atomic mass is 79.9. The first-order chi connectivity index (χ1) is 23.8. The molecule has 1 saturated carbocycles. The third-order valence-corrected chi connectivity index (χ3v) is 16.3. The van der Waals surface area contributed by atoms with E-state index in [1.165, 1.54) is 0 Å². The van der Waals surface area contributed by atoms with Gasteiger partial charge >= 0.3 is 5.97 Å². The molecule has 0 unspecified atom stereocenters. The summed E-state index contributed by atoms with van der Waals surface area (Å²) in [5.41, 5.74) is -3.27. The molecule has 7 rings (SSSR count). The van der Waals surface area contributed by atoms with Crippen LogP contribution in [-0.2, 0) is 18.6 Å². The molecule has 1 aliphatic carbocycles. The van der Waals surface area contributed by atoms with Crippen LogP contribution in [0.25, 0.3) is 0 Å². The van der Waals surface area contributed by atoms with E-state index in [0.717, 1.165) is 14.8 Å². The lowest BCUT2D eigenvalue weighted by molar-refractivity contribution is -0.144. The molecule has 2 fully saturated rings. The van der Waals surface area contributed by atoms with Crippen LogP contribution in [0, 0.1) is 0 Å². The Balaban J connectivity index is 1.32. The fourth-order valence-electron chi connectivity index (χ4n) is 8.10. The number of methoxy groups -OCH3 is 1. The van der Waals surface area contributed by atoms with Gasteiger partial charge < -0.3 is 28.5 Å². The molecular formula is C40H42BrNO7Si. The first-order valence-electron chi connectivity index (χ1n) is 16.8. The summed E-state index contributed by atoms with van der Waals surface area (Å²) in [6.07, 6.45) is -2.37. The predicted molar refractivity (Wildman–Crippen MR) is 198 cm³/mol. The Morgan fingerprint density at radius 3 is 2.04 bits per heavy atom. The minimum Gasteiger partial charge on any atom is -0.497 e. The van der Waals surface area contributed by atoms with E-state index < -0.39 is 49.3 Å². The molecule has 50 heavy (non-hydrogen) atoms. The third-order valence-electron chi connectivity index (χ3n) is 10.8. The van der Waals surface area contributed by atoms with Crippen LogP contribution in [0.1, 0.15) is 50.5 Å². The van der Waals surface area contributed by atoms with Crippen LogP contribution >= 0.6 is 15.9 Å². The number of halogens is 1. The first-order valence-corrected chi connectivity index (χ1v) is 19.5. The van der Waals surface area contributed by atoms with E-state index in [2.05, 4.69) is 61.0 Å². The molecule has 1 spiro atoms. The second-order valence-corrected chi connectivity index (χ2v) is 19.7. The number of benzene rings is 4. The van der Waals surface area contributed by atoms with Crippen molar-refractivity contribution in [3.8, 4) is 5.75 Å². The number of hydrogen-bond acceptors (Lipinski definition) is 8. The zero-order valence-electron chi connectivity index (χ0n) is 29.1. The molecule has 0 amide bonds. The number of aliphatic imine (C=N–C) groups is 1. The van der Waals surface area contributed by atoms with Gasteiger partial charge in [0.2, 0.25) is 5.90 Å². The second kappa shape index (κ2) is 12.5. The number of aliphatic hydroxyl groups is 1. The van der Waals surface area contributed by atoms with E-state index in [1.807, 2.05) is 67.6 Å². The van der Waals surface area contributed by atoms with E-state index in [0.29, 0.717) is 22.8 Å². The van der Waals surface area contributed by atoms with Crippen molar-refractivity contribution in [2.24, 2.45) is 4.99 Å². The Hall–Kier alpha value is -3.80. The average Bonchev–Trinajstić information content (AvgIpc) is 3.71. The lowest BCUT2D eigenvalue weighted by Crippen LogP contribution is -2.69. The van der Waals surface area contributed by atoms with Crippen molar-refractivity contribution in [2.75, 3.05) is 13.7 Å². The molecule has 3 aliphatic rings. The molecule has 2 aliphatic heterocycles. The van der Waals surface area contributed by atoms with Gasteiger partial charge in [-0.1, -0.05) is 97.4 Å². The number of rotatable bonds is 9. The molecule has 10 heteroatoms. The quantitative estimate of drug-likeness (QED) is 0.126. The molecule has 260 valence electrons. The minimum atomic E-state index is -3.04. The highest BCUT2D eigenvalue weighted by Crippen LogP contribution is 2.65. The van der Waals surface area contributed by atoms with Gasteiger partial charge in [0.25, 0.3) is 8.32 Å². The zero-order valence-corrected chi connectivity index (χ0v) is 31.6. The summed E-state index contributed by atoms with van der Waals surface area (Å²) in [5.74, 6) is 0.491. The first kappa shape index (κ1) is 34.6. The highest BCUT2D eigenvalue weighted by Gasteiger charge is 2.89. The lowest BCUT2D eigenvalue weighted by Gasteiger charge is -2.46. The standard InChI is InChI=1S/C40H42BrNO7Si/c1-26-40(42-35(47-26)27-19-23-30(45-6)24-20-27)34(48-36(43)28-17-21-29(41)22-18-28)33-39(49-33,38(40,5)44)25-46-50(37(2,3)4,31-13-9-7-10-14-31)32-15-11-8-12-16-32/h7-24,26,33-34,44H,25H2,1-6H3/t26-,33+,34+,38-,39+,40-/m0/s1. The Labute approximate surface area is 302 Å². The van der Waals surface area contributed by atoms with Gasteiger partial charge in [0.1, 0.15) is 23.6 Å². The minimum absolute atomic E-state index is 0.0478. The summed E-state index contributed by atoms with van der Waals surface area (Å²) >= 11 is 3.44. The number of ether oxygens (including phenoxy) is 4. The van der Waals surface area contributed by atoms with Gasteiger partial charge in [0.05, 0.1) is 19.3 Å². The summed E-state index contributed by atoms with van der Waals surface area (Å²) in [7, 11) is -1.43. The second-order valence-electron chi connectivity index (χ2n) is 14.5. The van der Waals surface area contributed by atoms with Gasteiger partial charge in [-0.05, 0) is 77.8 Å². The maximum atomic E-state index is 13.8. The van der Waals surface area contributed by atoms with Crippen molar-refractivity contribution in [1.29, 1.82) is 0 Å². The van der Waals surface area contributed by atoms with Crippen molar-refractivity contribution in [3.63, 3.8) is 0 Å². The monoisotopic (exact) mass is 755 g/mol. The topological polar surface area (TPSA) is 99.1 Å². The third kappa shape index (κ3) is 5.18. The van der Waals surface area contributed by atoms with E-state index in [4.69, 9.17) is 28.4 Å². The summed E-state index contributed by atoms with van der Waals surface area (Å²) in [5, 5.41) is 14.9. The summed E-state index contributed by atoms with van der Waals surface area (Å²) < 4.78 is 32.9. The van der Waals surface area contributed by atoms with E-state index >= 15 is 0 Å². The van der Waals surface area contributed by atoms with Crippen LogP contribution in [0.3, 0.4) is 0 Å². The number of esters is 1. The van der Waals surface area contributed by atoms with E-state index in [-0.39, 0.29) is 11.6 Å². The fraction of sp³-hybridized carbons (Fsp3) is 0.350. The maximum absolute atomic E-state index is 13.8. The van der Waals surface area contributed by atoms with Gasteiger partial charge in [-0.25, -0.2) is 9.79 Å². The fourth-order valence-corrected chi connectivity index (χ4v) is 13.0. The van der Waals surface area contributed by atoms with Crippen molar-refractivity contribution in [1.82, 2.24) is 0 Å². The van der Waals surface area contributed by atoms with E-state index in [9.17, 15) is 9.90 Å². The van der Waals surface area contributed by atoms with Crippen LogP contribution < -0.4 is 15.1 Å². The molecule has 4 aromatic rings. The molecule has 1 saturated heterocycles. The molecule has 6 atom stereocenters. The molecule has 1 N–H and O–H groups in total. The van der Waals surface area contributed by atoms with Crippen LogP contribution in [0.15, 0.2) is 119 Å². The summed E-state index contributed by atoms with van der Waals surface area (Å²) in [6, 6.07) is 35.0. The van der Waals surface area contributed by atoms with Crippen molar-refractivity contribution >= 4 is 46.5 Å². The predicted octanol–water partition coefficient (Wildman–Crippen LogP) is 6.07. The maximum Gasteiger partial charge on any atom is 0.338 e. The molecule has 0 aromatic heterocycles. The van der Waals surface area contributed by atoms with Gasteiger partial charge in [0.15, 0.2) is 17.2 Å². The van der Waals surface area contributed by atoms with Crippen LogP contribution in [0.4, 0.5) is 0 Å². The smallest absolute Gasteiger partial charge is 0.338 e. The normalized spacial score (nSPS) is 28.5. The number of epoxide rings is 1. The SMILES string of the molecule is COc1ccc(C2=N[C@@]3([C@H](C)O2)[C@H](OC(=O)c2ccc(Br)cc2)[C@H]2O[C@@]2(CO[Si](c2ccccc2)(c2ccccc2)C(C)(C)C)[C@]3(C)O)cc1. The molecular weight excluding hydrogens is 714 g/mol. The Bertz CT molecular complexity index is 1860. The van der Waals surface area contributed by atoms with Crippen LogP contribution in [-0.4, -0.2) is 74.1 Å². The molecule has 4 aromatic carbocycles. The zero-order chi connectivity index (χ0) is 35.5. The Kier molecular flexibility index (Phi) is 8.63. The van der Waals surface area contributed by atoms with Crippen molar-refractivity contribution in [3.05, 3.63) is 125 Å². The average molecular weight is 757 g/mol. The largest absolute Gasteiger partial charge is 0.497 e. The molecule has 8 nitrogen and oxygen atoms in total. The molecule has 0 bridgehead atoms. The van der Waals surface area contributed by atoms with Gasteiger partial charge in [-0.2, -0.15) is 0 Å². The number of fused-ring (bicyclic) bond motifs is 1. The summed E-state index contributed by atoms with van der Waals surface area (Å²) in [4.78, 5) is 18.9. The lowest BCUT2D eigenvalue weighted by atomic mass is 9.75. The van der Waals surface area contributed by atoms with E-state index in [1.54, 1.807) is 38.3 Å². The van der Waals surface area contributed by atoms with Gasteiger partial charge in [0, 0.05) is 10.0 Å². The number of hydrogen-bond donors (Lipinski definition) is 1. The number of carbonyl (C=O) groups is 1. The Morgan fingerprint density at radius 1 is 0.920 bits per heavy atom. The van der Waals surface area contributed by atoms with Crippen LogP contribution in [0.2, 0.25) is 5.04 Å². The van der Waals surface area contributed by atoms with Gasteiger partial charge in [-0.15, -0.1) is 0 Å². The Morgan fingerprint density at radius 2 is 1.50 bits per heavy atom. The molecule has 0 radical (unpaired) electrons. The molecule has 2 heterocycles. The summed E-state index contributed by atoms with van der Waals surface area (Å²) in [6.45, 7) is 10.2.